The predicted molar refractivity (Wildman–Crippen MR) is 70.1 cm³/mol. The van der Waals surface area contributed by atoms with Crippen LogP contribution in [0.2, 0.25) is 0 Å². The minimum atomic E-state index is -0.513. The van der Waals surface area contributed by atoms with E-state index in [1.807, 2.05) is 18.2 Å². The summed E-state index contributed by atoms with van der Waals surface area (Å²) in [6, 6.07) is 6.73. The lowest BCUT2D eigenvalue weighted by Gasteiger charge is -2.29. The molecule has 0 radical (unpaired) electrons. The van der Waals surface area contributed by atoms with Gasteiger partial charge in [-0.3, -0.25) is 9.59 Å². The van der Waals surface area contributed by atoms with Crippen molar-refractivity contribution in [1.29, 1.82) is 0 Å². The summed E-state index contributed by atoms with van der Waals surface area (Å²) >= 11 is 0. The van der Waals surface area contributed by atoms with E-state index in [4.69, 9.17) is 4.74 Å². The summed E-state index contributed by atoms with van der Waals surface area (Å²) in [6.07, 6.45) is 0.807. The molecule has 1 N–H and O–H groups in total. The first-order chi connectivity index (χ1) is 9.18. The molecule has 1 saturated heterocycles. The maximum atomic E-state index is 12.5. The van der Waals surface area contributed by atoms with Crippen LogP contribution >= 0.6 is 0 Å². The number of carbonyl (C=O) groups is 2. The number of anilines is 1. The number of nitrogens with one attached hydrogen (secondary N) is 1. The number of carbonyl (C=O) groups excluding carboxylic acids is 2. The topological polar surface area (TPSA) is 58.6 Å². The normalized spacial score (nSPS) is 26.9. The van der Waals surface area contributed by atoms with E-state index in [0.29, 0.717) is 24.5 Å². The molecule has 19 heavy (non-hydrogen) atoms. The molecule has 2 amide bonds. The van der Waals surface area contributed by atoms with Crippen molar-refractivity contribution in [1.82, 2.24) is 5.32 Å². The first kappa shape index (κ1) is 12.2. The Labute approximate surface area is 111 Å². The van der Waals surface area contributed by atoms with Crippen molar-refractivity contribution in [3.63, 3.8) is 0 Å². The van der Waals surface area contributed by atoms with E-state index in [0.717, 1.165) is 6.42 Å². The summed E-state index contributed by atoms with van der Waals surface area (Å²) in [7, 11) is 0. The minimum Gasteiger partial charge on any atom is -0.379 e. The van der Waals surface area contributed by atoms with Gasteiger partial charge in [0.2, 0.25) is 5.91 Å². The second kappa shape index (κ2) is 4.66. The summed E-state index contributed by atoms with van der Waals surface area (Å²) in [5.41, 5.74) is 1.23. The fraction of sp³-hybridized carbons (Fsp3) is 0.429. The first-order valence-electron chi connectivity index (χ1n) is 6.49. The van der Waals surface area contributed by atoms with Gasteiger partial charge in [-0.05, 0) is 25.5 Å². The van der Waals surface area contributed by atoms with Gasteiger partial charge >= 0.3 is 0 Å². The number of hydrogen-bond acceptors (Lipinski definition) is 3. The van der Waals surface area contributed by atoms with Crippen LogP contribution in [-0.4, -0.2) is 37.1 Å². The van der Waals surface area contributed by atoms with Crippen LogP contribution in [0.5, 0.6) is 0 Å². The molecule has 0 spiro atoms. The molecule has 1 aromatic rings. The summed E-state index contributed by atoms with van der Waals surface area (Å²) in [4.78, 5) is 26.3. The molecule has 0 saturated carbocycles. The van der Waals surface area contributed by atoms with Crippen LogP contribution in [0, 0.1) is 0 Å². The molecule has 0 bridgehead atoms. The molecule has 100 valence electrons. The predicted octanol–water partition coefficient (Wildman–Crippen LogP) is 0.940. The van der Waals surface area contributed by atoms with Crippen molar-refractivity contribution in [2.24, 2.45) is 0 Å². The summed E-state index contributed by atoms with van der Waals surface area (Å²) in [6.45, 7) is 2.91. The van der Waals surface area contributed by atoms with Gasteiger partial charge in [-0.2, -0.15) is 0 Å². The van der Waals surface area contributed by atoms with Crippen molar-refractivity contribution in [2.75, 3.05) is 18.1 Å². The third kappa shape index (κ3) is 2.00. The lowest BCUT2D eigenvalue weighted by atomic mass is 10.1. The van der Waals surface area contributed by atoms with E-state index >= 15 is 0 Å². The largest absolute Gasteiger partial charge is 0.379 e. The zero-order valence-corrected chi connectivity index (χ0v) is 10.8. The smallest absolute Gasteiger partial charge is 0.254 e. The molecule has 2 atom stereocenters. The van der Waals surface area contributed by atoms with Gasteiger partial charge in [0, 0.05) is 6.61 Å². The molecule has 0 aliphatic carbocycles. The van der Waals surface area contributed by atoms with Crippen molar-refractivity contribution >= 4 is 17.5 Å². The highest BCUT2D eigenvalue weighted by molar-refractivity contribution is 6.11. The van der Waals surface area contributed by atoms with Gasteiger partial charge in [0.1, 0.15) is 6.04 Å². The third-order valence-electron chi connectivity index (χ3n) is 3.63. The molecule has 2 unspecified atom stereocenters. The van der Waals surface area contributed by atoms with E-state index in [-0.39, 0.29) is 17.9 Å². The monoisotopic (exact) mass is 260 g/mol. The molecular formula is C14H16N2O3. The van der Waals surface area contributed by atoms with Gasteiger partial charge in [-0.25, -0.2) is 0 Å². The molecule has 2 aliphatic rings. The van der Waals surface area contributed by atoms with Crippen LogP contribution in [0.1, 0.15) is 23.7 Å². The van der Waals surface area contributed by atoms with Crippen molar-refractivity contribution < 1.29 is 14.3 Å². The Hall–Kier alpha value is -1.88. The molecule has 5 heteroatoms. The molecule has 1 aromatic carbocycles. The molecular weight excluding hydrogens is 244 g/mol. The first-order valence-corrected chi connectivity index (χ1v) is 6.49. The maximum absolute atomic E-state index is 12.5. The second-order valence-electron chi connectivity index (χ2n) is 4.94. The van der Waals surface area contributed by atoms with Crippen LogP contribution in [-0.2, 0) is 9.53 Å². The maximum Gasteiger partial charge on any atom is 0.254 e. The average Bonchev–Trinajstić information content (AvgIpc) is 2.90. The highest BCUT2D eigenvalue weighted by atomic mass is 16.5. The van der Waals surface area contributed by atoms with Gasteiger partial charge < -0.3 is 15.0 Å². The van der Waals surface area contributed by atoms with E-state index < -0.39 is 6.04 Å². The molecule has 5 nitrogen and oxygen atoms in total. The average molecular weight is 260 g/mol. The summed E-state index contributed by atoms with van der Waals surface area (Å²) < 4.78 is 5.38. The summed E-state index contributed by atoms with van der Waals surface area (Å²) in [5, 5.41) is 2.73. The van der Waals surface area contributed by atoms with Crippen LogP contribution < -0.4 is 10.2 Å². The lowest BCUT2D eigenvalue weighted by Crippen LogP contribution is -2.48. The highest BCUT2D eigenvalue weighted by Crippen LogP contribution is 2.28. The minimum absolute atomic E-state index is 0.0174. The Bertz CT molecular complexity index is 523. The van der Waals surface area contributed by atoms with Gasteiger partial charge in [-0.15, -0.1) is 0 Å². The van der Waals surface area contributed by atoms with Gasteiger partial charge in [0.05, 0.1) is 23.9 Å². The van der Waals surface area contributed by atoms with Crippen LogP contribution in [0.15, 0.2) is 24.3 Å². The zero-order valence-electron chi connectivity index (χ0n) is 10.8. The fourth-order valence-electron chi connectivity index (χ4n) is 2.64. The Balaban J connectivity index is 2.10. The fourth-order valence-corrected chi connectivity index (χ4v) is 2.64. The van der Waals surface area contributed by atoms with E-state index in [1.165, 1.54) is 0 Å². The van der Waals surface area contributed by atoms with Crippen LogP contribution in [0.3, 0.4) is 0 Å². The number of rotatable bonds is 1. The molecule has 2 aliphatic heterocycles. The zero-order chi connectivity index (χ0) is 13.4. The van der Waals surface area contributed by atoms with Crippen molar-refractivity contribution in [3.05, 3.63) is 29.8 Å². The van der Waals surface area contributed by atoms with Crippen LogP contribution in [0.4, 0.5) is 5.69 Å². The molecule has 3 rings (SSSR count). The Morgan fingerprint density at radius 3 is 2.84 bits per heavy atom. The van der Waals surface area contributed by atoms with Crippen molar-refractivity contribution in [3.8, 4) is 0 Å². The number of hydrogen-bond donors (Lipinski definition) is 1. The third-order valence-corrected chi connectivity index (χ3v) is 3.63. The van der Waals surface area contributed by atoms with Crippen molar-refractivity contribution in [2.45, 2.75) is 25.4 Å². The van der Waals surface area contributed by atoms with Gasteiger partial charge in [-0.1, -0.05) is 12.1 Å². The number of benzene rings is 1. The molecule has 2 heterocycles. The lowest BCUT2D eigenvalue weighted by molar-refractivity contribution is -0.120. The summed E-state index contributed by atoms with van der Waals surface area (Å²) in [5.74, 6) is -0.272. The van der Waals surface area contributed by atoms with Gasteiger partial charge in [0.15, 0.2) is 0 Å². The number of fused-ring (bicyclic) bond motifs is 1. The number of ether oxygens (including phenoxy) is 1. The van der Waals surface area contributed by atoms with E-state index in [2.05, 4.69) is 5.32 Å². The highest BCUT2D eigenvalue weighted by Gasteiger charge is 2.36. The standard InChI is InChI=1S/C14H16N2O3/c1-9-14(18)16(10-6-7-19-8-10)12-5-3-2-4-11(12)13(17)15-9/h2-5,9-10H,6-8H2,1H3,(H,15,17). The van der Waals surface area contributed by atoms with Crippen LogP contribution in [0.25, 0.3) is 0 Å². The Morgan fingerprint density at radius 1 is 1.32 bits per heavy atom. The number of amides is 2. The molecule has 1 fully saturated rings. The number of nitrogens with zero attached hydrogens (tertiary/aromatic N) is 1. The second-order valence-corrected chi connectivity index (χ2v) is 4.94. The Morgan fingerprint density at radius 2 is 2.11 bits per heavy atom. The quantitative estimate of drug-likeness (QED) is 0.817. The SMILES string of the molecule is CC1NC(=O)c2ccccc2N(C2CCOC2)C1=O. The number of para-hydroxylation sites is 1. The van der Waals surface area contributed by atoms with E-state index in [1.54, 1.807) is 17.9 Å². The molecule has 0 aromatic heterocycles. The van der Waals surface area contributed by atoms with E-state index in [9.17, 15) is 9.59 Å². The Kier molecular flexibility index (Phi) is 2.98. The van der Waals surface area contributed by atoms with Gasteiger partial charge in [0.25, 0.3) is 5.91 Å².